The lowest BCUT2D eigenvalue weighted by molar-refractivity contribution is 0.0691. The number of carbonyl (C=O) groups is 1. The van der Waals surface area contributed by atoms with Crippen molar-refractivity contribution in [3.05, 3.63) is 45.8 Å². The average molecular weight is 316 g/mol. The van der Waals surface area contributed by atoms with Gasteiger partial charge in [0, 0.05) is 5.56 Å². The Balaban J connectivity index is 2.63. The molecule has 0 fully saturated rings. The van der Waals surface area contributed by atoms with E-state index in [2.05, 4.69) is 4.98 Å². The lowest BCUT2D eigenvalue weighted by Gasteiger charge is -2.09. The highest BCUT2D eigenvalue weighted by Gasteiger charge is 2.18. The Labute approximate surface area is 123 Å². The molecule has 0 saturated carbocycles. The molecule has 0 aliphatic rings. The Morgan fingerprint density at radius 2 is 1.90 bits per heavy atom. The Kier molecular flexibility index (Phi) is 4.11. The molecule has 1 aromatic carbocycles. The number of halogens is 3. The molecule has 2 aromatic rings. The molecular weight excluding hydrogens is 308 g/mol. The van der Waals surface area contributed by atoms with Gasteiger partial charge in [0.2, 0.25) is 0 Å². The topological polar surface area (TPSA) is 59.4 Å². The molecule has 0 atom stereocenters. The Hall–Kier alpha value is -1.85. The van der Waals surface area contributed by atoms with Crippen LogP contribution in [-0.2, 0) is 0 Å². The average Bonchev–Trinajstić information content (AvgIpc) is 2.40. The van der Waals surface area contributed by atoms with E-state index >= 15 is 0 Å². The number of methoxy groups -OCH3 is 1. The molecule has 0 spiro atoms. The van der Waals surface area contributed by atoms with Gasteiger partial charge in [-0.25, -0.2) is 14.2 Å². The smallest absolute Gasteiger partial charge is 0.356 e. The van der Waals surface area contributed by atoms with Crippen molar-refractivity contribution in [2.45, 2.75) is 0 Å². The minimum Gasteiger partial charge on any atom is -0.492 e. The largest absolute Gasteiger partial charge is 0.492 e. The van der Waals surface area contributed by atoms with Crippen LogP contribution >= 0.6 is 23.2 Å². The highest BCUT2D eigenvalue weighted by Crippen LogP contribution is 2.34. The van der Waals surface area contributed by atoms with Crippen molar-refractivity contribution >= 4 is 29.2 Å². The van der Waals surface area contributed by atoms with E-state index in [1.54, 1.807) is 0 Å². The SMILES string of the molecule is COc1c(Cl)ccc(-c2ccc(Cl)c(C(=O)O)n2)c1F. The molecule has 0 radical (unpaired) electrons. The molecule has 7 heteroatoms. The second kappa shape index (κ2) is 5.64. The number of carboxylic acid groups (broad SMARTS) is 1. The third kappa shape index (κ3) is 2.55. The quantitative estimate of drug-likeness (QED) is 0.933. The highest BCUT2D eigenvalue weighted by atomic mass is 35.5. The number of benzene rings is 1. The van der Waals surface area contributed by atoms with Crippen molar-refractivity contribution in [1.82, 2.24) is 4.98 Å². The van der Waals surface area contributed by atoms with E-state index in [1.165, 1.54) is 31.4 Å². The summed E-state index contributed by atoms with van der Waals surface area (Å²) >= 11 is 11.5. The summed E-state index contributed by atoms with van der Waals surface area (Å²) in [5.74, 6) is -2.14. The zero-order valence-electron chi connectivity index (χ0n) is 10.2. The summed E-state index contributed by atoms with van der Waals surface area (Å²) in [5.41, 5.74) is -0.151. The van der Waals surface area contributed by atoms with E-state index in [4.69, 9.17) is 33.0 Å². The Morgan fingerprint density at radius 1 is 1.25 bits per heavy atom. The fraction of sp³-hybridized carbons (Fsp3) is 0.0769. The van der Waals surface area contributed by atoms with E-state index in [0.717, 1.165) is 0 Å². The number of aromatic carboxylic acids is 1. The molecule has 1 N–H and O–H groups in total. The van der Waals surface area contributed by atoms with Crippen LogP contribution in [0.3, 0.4) is 0 Å². The van der Waals surface area contributed by atoms with Gasteiger partial charge >= 0.3 is 5.97 Å². The van der Waals surface area contributed by atoms with Crippen LogP contribution in [0.1, 0.15) is 10.5 Å². The van der Waals surface area contributed by atoms with Gasteiger partial charge in [0.1, 0.15) is 0 Å². The molecule has 20 heavy (non-hydrogen) atoms. The minimum atomic E-state index is -1.29. The van der Waals surface area contributed by atoms with Crippen LogP contribution in [0.4, 0.5) is 4.39 Å². The van der Waals surface area contributed by atoms with Crippen molar-refractivity contribution in [3.63, 3.8) is 0 Å². The number of pyridine rings is 1. The normalized spacial score (nSPS) is 10.4. The first kappa shape index (κ1) is 14.6. The van der Waals surface area contributed by atoms with Gasteiger partial charge in [0.05, 0.1) is 22.8 Å². The summed E-state index contributed by atoms with van der Waals surface area (Å²) in [4.78, 5) is 14.8. The van der Waals surface area contributed by atoms with Gasteiger partial charge in [-0.3, -0.25) is 0 Å². The monoisotopic (exact) mass is 315 g/mol. The number of hydrogen-bond donors (Lipinski definition) is 1. The molecular formula is C13H8Cl2FNO3. The zero-order chi connectivity index (χ0) is 14.9. The van der Waals surface area contributed by atoms with Gasteiger partial charge in [0.25, 0.3) is 0 Å². The van der Waals surface area contributed by atoms with Crippen LogP contribution in [0.2, 0.25) is 10.0 Å². The third-order valence-corrected chi connectivity index (χ3v) is 3.18. The second-order valence-electron chi connectivity index (χ2n) is 3.77. The summed E-state index contributed by atoms with van der Waals surface area (Å²) < 4.78 is 19.1. The first-order chi connectivity index (χ1) is 9.45. The number of carboxylic acids is 1. The van der Waals surface area contributed by atoms with Crippen LogP contribution in [0.15, 0.2) is 24.3 Å². The predicted molar refractivity (Wildman–Crippen MR) is 73.2 cm³/mol. The predicted octanol–water partition coefficient (Wildman–Crippen LogP) is 3.90. The van der Waals surface area contributed by atoms with E-state index in [-0.39, 0.29) is 32.7 Å². The van der Waals surface area contributed by atoms with Crippen molar-refractivity contribution in [2.24, 2.45) is 0 Å². The van der Waals surface area contributed by atoms with Gasteiger partial charge in [-0.05, 0) is 24.3 Å². The first-order valence-electron chi connectivity index (χ1n) is 5.38. The lowest BCUT2D eigenvalue weighted by atomic mass is 10.1. The number of aromatic nitrogens is 1. The fourth-order valence-electron chi connectivity index (χ4n) is 1.66. The zero-order valence-corrected chi connectivity index (χ0v) is 11.7. The van der Waals surface area contributed by atoms with Crippen LogP contribution in [0.5, 0.6) is 5.75 Å². The molecule has 4 nitrogen and oxygen atoms in total. The maximum absolute atomic E-state index is 14.2. The second-order valence-corrected chi connectivity index (χ2v) is 4.59. The van der Waals surface area contributed by atoms with E-state index in [1.807, 2.05) is 0 Å². The van der Waals surface area contributed by atoms with Crippen molar-refractivity contribution in [1.29, 1.82) is 0 Å². The first-order valence-corrected chi connectivity index (χ1v) is 6.13. The third-order valence-electron chi connectivity index (χ3n) is 2.58. The number of hydrogen-bond acceptors (Lipinski definition) is 3. The number of rotatable bonds is 3. The van der Waals surface area contributed by atoms with Gasteiger partial charge in [-0.2, -0.15) is 0 Å². The standard InChI is InChI=1S/C13H8Cl2FNO3/c1-20-12-8(15)3-2-6(10(12)16)9-5-4-7(14)11(17-9)13(18)19/h2-5H,1H3,(H,18,19). The maximum atomic E-state index is 14.2. The van der Waals surface area contributed by atoms with E-state index in [9.17, 15) is 9.18 Å². The number of ether oxygens (including phenoxy) is 1. The van der Waals surface area contributed by atoms with Gasteiger partial charge in [-0.15, -0.1) is 0 Å². The van der Waals surface area contributed by atoms with Crippen LogP contribution < -0.4 is 4.74 Å². The molecule has 2 rings (SSSR count). The number of nitrogens with zero attached hydrogens (tertiary/aromatic N) is 1. The van der Waals surface area contributed by atoms with Crippen molar-refractivity contribution in [3.8, 4) is 17.0 Å². The molecule has 0 aliphatic carbocycles. The maximum Gasteiger partial charge on any atom is 0.356 e. The molecule has 0 aliphatic heterocycles. The van der Waals surface area contributed by atoms with E-state index < -0.39 is 11.8 Å². The van der Waals surface area contributed by atoms with Gasteiger partial charge in [0.15, 0.2) is 17.3 Å². The van der Waals surface area contributed by atoms with Crippen LogP contribution in [-0.4, -0.2) is 23.2 Å². The van der Waals surface area contributed by atoms with Crippen LogP contribution in [0, 0.1) is 5.82 Å². The Morgan fingerprint density at radius 3 is 2.50 bits per heavy atom. The van der Waals surface area contributed by atoms with Gasteiger partial charge < -0.3 is 9.84 Å². The fourth-order valence-corrected chi connectivity index (χ4v) is 2.07. The highest BCUT2D eigenvalue weighted by molar-refractivity contribution is 6.33. The van der Waals surface area contributed by atoms with Gasteiger partial charge in [-0.1, -0.05) is 23.2 Å². The molecule has 1 aromatic heterocycles. The lowest BCUT2D eigenvalue weighted by Crippen LogP contribution is -2.03. The van der Waals surface area contributed by atoms with Crippen molar-refractivity contribution < 1.29 is 19.0 Å². The molecule has 1 heterocycles. The van der Waals surface area contributed by atoms with Crippen molar-refractivity contribution in [2.75, 3.05) is 7.11 Å². The summed E-state index contributed by atoms with van der Waals surface area (Å²) in [7, 11) is 1.28. The molecule has 0 bridgehead atoms. The van der Waals surface area contributed by atoms with E-state index in [0.29, 0.717) is 0 Å². The Bertz CT molecular complexity index is 692. The molecule has 0 amide bonds. The summed E-state index contributed by atoms with van der Waals surface area (Å²) in [5, 5.41) is 9.05. The minimum absolute atomic E-state index is 0.0254. The van der Waals surface area contributed by atoms with Crippen LogP contribution in [0.25, 0.3) is 11.3 Å². The molecule has 104 valence electrons. The summed E-state index contributed by atoms with van der Waals surface area (Å²) in [6, 6.07) is 5.59. The summed E-state index contributed by atoms with van der Waals surface area (Å²) in [6.07, 6.45) is 0. The molecule has 0 saturated heterocycles. The molecule has 0 unspecified atom stereocenters. The summed E-state index contributed by atoms with van der Waals surface area (Å²) in [6.45, 7) is 0.